The van der Waals surface area contributed by atoms with Gasteiger partial charge >= 0.3 is 0 Å². The average Bonchev–Trinajstić information content (AvgIpc) is 2.85. The summed E-state index contributed by atoms with van der Waals surface area (Å²) < 4.78 is 0. The molecular weight excluding hydrogens is 432 g/mol. The highest BCUT2D eigenvalue weighted by molar-refractivity contribution is 7.98. The summed E-state index contributed by atoms with van der Waals surface area (Å²) in [5.74, 6) is -0.117. The van der Waals surface area contributed by atoms with Gasteiger partial charge in [-0.2, -0.15) is 0 Å². The molecule has 0 spiro atoms. The SMILES string of the molecule is CSc1ccnc(C(=O)c2nccc(SC)c2Cc2ccccc2)c1Cc1ccccc1. The van der Waals surface area contributed by atoms with Crippen molar-refractivity contribution in [3.8, 4) is 0 Å². The molecule has 4 aromatic rings. The Kier molecular flexibility index (Phi) is 7.40. The maximum absolute atomic E-state index is 13.9. The summed E-state index contributed by atoms with van der Waals surface area (Å²) in [7, 11) is 0. The molecule has 0 radical (unpaired) electrons. The quantitative estimate of drug-likeness (QED) is 0.229. The summed E-state index contributed by atoms with van der Waals surface area (Å²) >= 11 is 3.28. The monoisotopic (exact) mass is 456 g/mol. The van der Waals surface area contributed by atoms with Crippen molar-refractivity contribution in [3.63, 3.8) is 0 Å². The van der Waals surface area contributed by atoms with Crippen molar-refractivity contribution in [1.29, 1.82) is 0 Å². The maximum atomic E-state index is 13.9. The molecule has 5 heteroatoms. The lowest BCUT2D eigenvalue weighted by Crippen LogP contribution is -2.14. The van der Waals surface area contributed by atoms with Crippen LogP contribution in [0.1, 0.15) is 38.4 Å². The lowest BCUT2D eigenvalue weighted by atomic mass is 9.96. The molecule has 0 bridgehead atoms. The summed E-state index contributed by atoms with van der Waals surface area (Å²) in [6.07, 6.45) is 8.83. The predicted molar refractivity (Wildman–Crippen MR) is 134 cm³/mol. The number of hydrogen-bond donors (Lipinski definition) is 0. The van der Waals surface area contributed by atoms with Gasteiger partial charge in [-0.3, -0.25) is 14.8 Å². The fourth-order valence-corrected chi connectivity index (χ4v) is 5.00. The number of aromatic nitrogens is 2. The van der Waals surface area contributed by atoms with Crippen LogP contribution in [0.3, 0.4) is 0 Å². The number of rotatable bonds is 8. The fraction of sp³-hybridized carbons (Fsp3) is 0.148. The highest BCUT2D eigenvalue weighted by atomic mass is 32.2. The number of ketones is 1. The Labute approximate surface area is 197 Å². The second kappa shape index (κ2) is 10.6. The Morgan fingerprint density at radius 1 is 0.656 bits per heavy atom. The zero-order chi connectivity index (χ0) is 22.3. The first-order chi connectivity index (χ1) is 15.7. The van der Waals surface area contributed by atoms with Gasteiger partial charge in [0, 0.05) is 35.0 Å². The van der Waals surface area contributed by atoms with E-state index in [1.165, 1.54) is 0 Å². The highest BCUT2D eigenvalue weighted by Crippen LogP contribution is 2.30. The molecule has 0 aliphatic heterocycles. The minimum atomic E-state index is -0.117. The van der Waals surface area contributed by atoms with Crippen molar-refractivity contribution in [1.82, 2.24) is 9.97 Å². The minimum Gasteiger partial charge on any atom is -0.285 e. The molecule has 0 N–H and O–H groups in total. The molecule has 2 heterocycles. The molecule has 0 saturated heterocycles. The number of benzene rings is 2. The Morgan fingerprint density at radius 3 is 1.44 bits per heavy atom. The first kappa shape index (κ1) is 22.3. The third kappa shape index (κ3) is 4.95. The second-order valence-corrected chi connectivity index (χ2v) is 9.03. The van der Waals surface area contributed by atoms with Gasteiger partial charge < -0.3 is 0 Å². The molecule has 160 valence electrons. The van der Waals surface area contributed by atoms with E-state index >= 15 is 0 Å². The van der Waals surface area contributed by atoms with E-state index in [-0.39, 0.29) is 5.78 Å². The first-order valence-electron chi connectivity index (χ1n) is 10.4. The van der Waals surface area contributed by atoms with Crippen molar-refractivity contribution >= 4 is 29.3 Å². The van der Waals surface area contributed by atoms with E-state index in [0.29, 0.717) is 24.2 Å². The largest absolute Gasteiger partial charge is 0.285 e. The van der Waals surface area contributed by atoms with Gasteiger partial charge in [0.1, 0.15) is 11.4 Å². The van der Waals surface area contributed by atoms with Crippen LogP contribution < -0.4 is 0 Å². The summed E-state index contributed by atoms with van der Waals surface area (Å²) in [6, 6.07) is 24.4. The fourth-order valence-electron chi connectivity index (χ4n) is 3.78. The van der Waals surface area contributed by atoms with E-state index in [4.69, 9.17) is 0 Å². The van der Waals surface area contributed by atoms with Crippen LogP contribution in [0.15, 0.2) is 95.0 Å². The number of pyridine rings is 2. The van der Waals surface area contributed by atoms with Crippen molar-refractivity contribution in [2.75, 3.05) is 12.5 Å². The normalized spacial score (nSPS) is 10.8. The number of nitrogens with zero attached hydrogens (tertiary/aromatic N) is 2. The van der Waals surface area contributed by atoms with Gasteiger partial charge in [0.05, 0.1) is 0 Å². The Morgan fingerprint density at radius 2 is 1.06 bits per heavy atom. The molecule has 0 aliphatic rings. The van der Waals surface area contributed by atoms with Gasteiger partial charge in [-0.25, -0.2) is 0 Å². The van der Waals surface area contributed by atoms with Crippen LogP contribution >= 0.6 is 23.5 Å². The molecule has 0 amide bonds. The standard InChI is InChI=1S/C27H24N2OS2/c1-31-23-13-15-28-25(21(23)17-19-9-5-3-6-10-19)27(30)26-22(24(32-2)14-16-29-26)18-20-11-7-4-8-12-20/h3-16H,17-18H2,1-2H3. The second-order valence-electron chi connectivity index (χ2n) is 7.33. The van der Waals surface area contributed by atoms with Crippen molar-refractivity contribution in [3.05, 3.63) is 119 Å². The molecule has 2 aromatic heterocycles. The average molecular weight is 457 g/mol. The van der Waals surface area contributed by atoms with Crippen LogP contribution in [-0.2, 0) is 12.8 Å². The molecule has 0 aliphatic carbocycles. The van der Waals surface area contributed by atoms with E-state index in [2.05, 4.69) is 34.2 Å². The maximum Gasteiger partial charge on any atom is 0.230 e. The third-order valence-electron chi connectivity index (χ3n) is 5.34. The van der Waals surface area contributed by atoms with Crippen LogP contribution in [0.25, 0.3) is 0 Å². The Bertz CT molecular complexity index is 1120. The van der Waals surface area contributed by atoms with Crippen LogP contribution in [0.5, 0.6) is 0 Å². The van der Waals surface area contributed by atoms with E-state index < -0.39 is 0 Å². The number of hydrogen-bond acceptors (Lipinski definition) is 5. The molecule has 32 heavy (non-hydrogen) atoms. The number of carbonyl (C=O) groups is 1. The summed E-state index contributed by atoms with van der Waals surface area (Å²) in [6.45, 7) is 0. The molecule has 0 fully saturated rings. The van der Waals surface area contributed by atoms with Crippen LogP contribution in [-0.4, -0.2) is 28.3 Å². The van der Waals surface area contributed by atoms with Gasteiger partial charge in [0.15, 0.2) is 0 Å². The lowest BCUT2D eigenvalue weighted by molar-refractivity contribution is 0.102. The molecule has 0 unspecified atom stereocenters. The smallest absolute Gasteiger partial charge is 0.230 e. The zero-order valence-electron chi connectivity index (χ0n) is 18.1. The van der Waals surface area contributed by atoms with Gasteiger partial charge in [0.25, 0.3) is 0 Å². The molecule has 4 rings (SSSR count). The molecule has 0 atom stereocenters. The summed E-state index contributed by atoms with van der Waals surface area (Å²) in [4.78, 5) is 25.1. The van der Waals surface area contributed by atoms with Gasteiger partial charge in [0.2, 0.25) is 5.78 Å². The van der Waals surface area contributed by atoms with E-state index in [1.807, 2.05) is 61.0 Å². The first-order valence-corrected chi connectivity index (χ1v) is 12.8. The van der Waals surface area contributed by atoms with Crippen molar-refractivity contribution < 1.29 is 4.79 Å². The van der Waals surface area contributed by atoms with Crippen LogP contribution in [0.2, 0.25) is 0 Å². The molecular formula is C27H24N2OS2. The van der Waals surface area contributed by atoms with E-state index in [0.717, 1.165) is 32.0 Å². The van der Waals surface area contributed by atoms with Crippen molar-refractivity contribution in [2.24, 2.45) is 0 Å². The van der Waals surface area contributed by atoms with Gasteiger partial charge in [-0.15, -0.1) is 23.5 Å². The van der Waals surface area contributed by atoms with Crippen LogP contribution in [0.4, 0.5) is 0 Å². The predicted octanol–water partition coefficient (Wildman–Crippen LogP) is 6.33. The lowest BCUT2D eigenvalue weighted by Gasteiger charge is -2.15. The summed E-state index contributed by atoms with van der Waals surface area (Å²) in [5.41, 5.74) is 5.19. The van der Waals surface area contributed by atoms with Gasteiger partial charge in [-0.05, 0) is 46.9 Å². The number of thioether (sulfide) groups is 2. The topological polar surface area (TPSA) is 42.9 Å². The minimum absolute atomic E-state index is 0.117. The van der Waals surface area contributed by atoms with Crippen molar-refractivity contribution in [2.45, 2.75) is 22.6 Å². The molecule has 0 saturated carbocycles. The Hall–Kier alpha value is -2.89. The Balaban J connectivity index is 1.80. The zero-order valence-corrected chi connectivity index (χ0v) is 19.7. The third-order valence-corrected chi connectivity index (χ3v) is 6.99. The number of carbonyl (C=O) groups excluding carboxylic acids is 1. The molecule has 3 nitrogen and oxygen atoms in total. The van der Waals surface area contributed by atoms with Gasteiger partial charge in [-0.1, -0.05) is 60.7 Å². The summed E-state index contributed by atoms with van der Waals surface area (Å²) in [5, 5.41) is 0. The van der Waals surface area contributed by atoms with E-state index in [1.54, 1.807) is 35.9 Å². The van der Waals surface area contributed by atoms with E-state index in [9.17, 15) is 4.79 Å². The molecule has 2 aromatic carbocycles. The van der Waals surface area contributed by atoms with Crippen LogP contribution in [0, 0.1) is 0 Å². The highest BCUT2D eigenvalue weighted by Gasteiger charge is 2.23.